The SMILES string of the molecule is Nc1ccc2ccc(=O)oc2c1.c1cc2cc-2c1. The van der Waals surface area contributed by atoms with Crippen molar-refractivity contribution in [3.05, 3.63) is 65.0 Å². The van der Waals surface area contributed by atoms with Gasteiger partial charge >= 0.3 is 5.63 Å². The van der Waals surface area contributed by atoms with Crippen LogP contribution in [0.4, 0.5) is 5.69 Å². The van der Waals surface area contributed by atoms with Gasteiger partial charge in [0.15, 0.2) is 0 Å². The van der Waals surface area contributed by atoms with E-state index >= 15 is 0 Å². The van der Waals surface area contributed by atoms with Crippen LogP contribution in [0, 0.1) is 0 Å². The van der Waals surface area contributed by atoms with E-state index in [1.54, 1.807) is 18.2 Å². The van der Waals surface area contributed by atoms with E-state index in [2.05, 4.69) is 24.3 Å². The first-order chi connectivity index (χ1) is 8.72. The molecule has 0 unspecified atom stereocenters. The number of nitrogen functional groups attached to an aromatic ring is 1. The third kappa shape index (κ3) is 2.11. The Morgan fingerprint density at radius 3 is 2.22 bits per heavy atom. The van der Waals surface area contributed by atoms with E-state index in [9.17, 15) is 4.79 Å². The Labute approximate surface area is 103 Å². The standard InChI is InChI=1S/C9H7NO2.C6H4/c10-7-3-1-6-2-4-9(11)12-8(6)5-7;1-2-5-4-6(5)3-1/h1-5H,10H2;1-4H. The van der Waals surface area contributed by atoms with Crippen molar-refractivity contribution in [2.45, 2.75) is 0 Å². The maximum atomic E-state index is 10.8. The summed E-state index contributed by atoms with van der Waals surface area (Å²) in [6.45, 7) is 0. The predicted octanol–water partition coefficient (Wildman–Crippen LogP) is 3.04. The Kier molecular flexibility index (Phi) is 2.38. The number of anilines is 1. The van der Waals surface area contributed by atoms with Gasteiger partial charge in [-0.3, -0.25) is 0 Å². The van der Waals surface area contributed by atoms with Gasteiger partial charge in [-0.1, -0.05) is 18.2 Å². The van der Waals surface area contributed by atoms with E-state index < -0.39 is 0 Å². The largest absolute Gasteiger partial charge is 0.423 e. The molecule has 4 rings (SSSR count). The fourth-order valence-electron chi connectivity index (χ4n) is 1.75. The van der Waals surface area contributed by atoms with Crippen LogP contribution in [-0.4, -0.2) is 0 Å². The summed E-state index contributed by atoms with van der Waals surface area (Å²) < 4.78 is 4.91. The molecule has 3 nitrogen and oxygen atoms in total. The lowest BCUT2D eigenvalue weighted by atomic mass is 10.2. The van der Waals surface area contributed by atoms with E-state index in [0.717, 1.165) is 5.39 Å². The summed E-state index contributed by atoms with van der Waals surface area (Å²) in [6, 6.07) is 16.8. The van der Waals surface area contributed by atoms with Gasteiger partial charge in [0.2, 0.25) is 0 Å². The highest BCUT2D eigenvalue weighted by Crippen LogP contribution is 2.32. The molecule has 0 radical (unpaired) electrons. The zero-order valence-electron chi connectivity index (χ0n) is 9.59. The van der Waals surface area contributed by atoms with Crippen LogP contribution >= 0.6 is 0 Å². The van der Waals surface area contributed by atoms with Crippen molar-refractivity contribution >= 4 is 16.7 Å². The molecule has 2 aromatic rings. The molecule has 1 heterocycles. The zero-order chi connectivity index (χ0) is 12.5. The molecule has 0 spiro atoms. The summed E-state index contributed by atoms with van der Waals surface area (Å²) in [5.41, 5.74) is 9.13. The van der Waals surface area contributed by atoms with Crippen LogP contribution in [0.25, 0.3) is 22.1 Å². The topological polar surface area (TPSA) is 56.2 Å². The Morgan fingerprint density at radius 2 is 1.61 bits per heavy atom. The minimum Gasteiger partial charge on any atom is -0.423 e. The van der Waals surface area contributed by atoms with E-state index in [1.165, 1.54) is 17.2 Å². The van der Waals surface area contributed by atoms with E-state index in [-0.39, 0.29) is 5.63 Å². The van der Waals surface area contributed by atoms with Crippen molar-refractivity contribution in [3.8, 4) is 11.1 Å². The first-order valence-electron chi connectivity index (χ1n) is 5.62. The van der Waals surface area contributed by atoms with Crippen molar-refractivity contribution in [2.24, 2.45) is 0 Å². The molecule has 88 valence electrons. The summed E-state index contributed by atoms with van der Waals surface area (Å²) in [5, 5.41) is 0.879. The highest BCUT2D eigenvalue weighted by atomic mass is 16.4. The molecule has 2 aliphatic rings. The number of hydrogen-bond acceptors (Lipinski definition) is 3. The molecule has 0 atom stereocenters. The summed E-state index contributed by atoms with van der Waals surface area (Å²) in [7, 11) is 0. The van der Waals surface area contributed by atoms with Gasteiger partial charge in [-0.2, -0.15) is 0 Å². The van der Waals surface area contributed by atoms with Gasteiger partial charge in [-0.15, -0.1) is 0 Å². The fourth-order valence-corrected chi connectivity index (χ4v) is 1.75. The lowest BCUT2D eigenvalue weighted by Gasteiger charge is -1.95. The third-order valence-electron chi connectivity index (χ3n) is 2.76. The maximum Gasteiger partial charge on any atom is 0.336 e. The molecular formula is C15H11NO2. The Hall–Kier alpha value is -2.55. The minimum absolute atomic E-state index is 0.354. The first kappa shape index (κ1) is 10.6. The number of hydrogen-bond donors (Lipinski definition) is 1. The van der Waals surface area contributed by atoms with Crippen LogP contribution in [-0.2, 0) is 0 Å². The molecule has 0 bridgehead atoms. The summed E-state index contributed by atoms with van der Waals surface area (Å²) in [4.78, 5) is 10.8. The van der Waals surface area contributed by atoms with Crippen LogP contribution in [0.15, 0.2) is 63.8 Å². The van der Waals surface area contributed by atoms with E-state index in [1.807, 2.05) is 6.07 Å². The third-order valence-corrected chi connectivity index (χ3v) is 2.76. The molecular weight excluding hydrogens is 226 g/mol. The maximum absolute atomic E-state index is 10.8. The normalized spacial score (nSPS) is 10.7. The summed E-state index contributed by atoms with van der Waals surface area (Å²) in [5.74, 6) is 0. The highest BCUT2D eigenvalue weighted by molar-refractivity contribution is 5.80. The number of rotatable bonds is 0. The highest BCUT2D eigenvalue weighted by Gasteiger charge is 2.06. The van der Waals surface area contributed by atoms with Crippen LogP contribution in [0.1, 0.15) is 0 Å². The summed E-state index contributed by atoms with van der Waals surface area (Å²) in [6.07, 6.45) is 0. The van der Waals surface area contributed by atoms with Crippen molar-refractivity contribution in [2.75, 3.05) is 5.73 Å². The lowest BCUT2D eigenvalue weighted by molar-refractivity contribution is 0.561. The number of benzene rings is 2. The second-order valence-corrected chi connectivity index (χ2v) is 4.13. The van der Waals surface area contributed by atoms with Gasteiger partial charge in [0.1, 0.15) is 5.58 Å². The van der Waals surface area contributed by atoms with Crippen LogP contribution in [0.2, 0.25) is 0 Å². The molecule has 0 saturated carbocycles. The number of nitrogens with two attached hydrogens (primary N) is 1. The summed E-state index contributed by atoms with van der Waals surface area (Å²) >= 11 is 0. The van der Waals surface area contributed by atoms with Crippen molar-refractivity contribution < 1.29 is 4.42 Å². The quantitative estimate of drug-likeness (QED) is 0.378. The lowest BCUT2D eigenvalue weighted by Crippen LogP contribution is -1.94. The number of fused-ring (bicyclic) bond motifs is 2. The second-order valence-electron chi connectivity index (χ2n) is 4.13. The molecule has 0 amide bonds. The van der Waals surface area contributed by atoms with Gasteiger partial charge in [-0.25, -0.2) is 4.79 Å². The molecule has 2 aliphatic carbocycles. The smallest absolute Gasteiger partial charge is 0.336 e. The van der Waals surface area contributed by atoms with E-state index in [4.69, 9.17) is 10.2 Å². The van der Waals surface area contributed by atoms with Crippen molar-refractivity contribution in [1.82, 2.24) is 0 Å². The molecule has 1 aromatic heterocycles. The van der Waals surface area contributed by atoms with Gasteiger partial charge in [0, 0.05) is 23.2 Å². The first-order valence-corrected chi connectivity index (χ1v) is 5.62. The van der Waals surface area contributed by atoms with Crippen LogP contribution < -0.4 is 11.4 Å². The average molecular weight is 237 g/mol. The molecule has 1 aromatic carbocycles. The van der Waals surface area contributed by atoms with Gasteiger partial charge in [-0.05, 0) is 35.4 Å². The van der Waals surface area contributed by atoms with Gasteiger partial charge in [0.05, 0.1) is 0 Å². The Balaban J connectivity index is 0.000000137. The molecule has 18 heavy (non-hydrogen) atoms. The second kappa shape index (κ2) is 4.04. The molecule has 0 fully saturated rings. The van der Waals surface area contributed by atoms with Gasteiger partial charge < -0.3 is 10.2 Å². The monoisotopic (exact) mass is 237 g/mol. The fraction of sp³-hybridized carbons (Fsp3) is 0. The zero-order valence-corrected chi connectivity index (χ0v) is 9.59. The Morgan fingerprint density at radius 1 is 0.889 bits per heavy atom. The Bertz CT molecular complexity index is 757. The molecule has 3 heteroatoms. The van der Waals surface area contributed by atoms with Crippen molar-refractivity contribution in [3.63, 3.8) is 0 Å². The predicted molar refractivity (Wildman–Crippen MR) is 72.3 cm³/mol. The van der Waals surface area contributed by atoms with Gasteiger partial charge in [0.25, 0.3) is 0 Å². The molecule has 2 N–H and O–H groups in total. The van der Waals surface area contributed by atoms with Crippen LogP contribution in [0.3, 0.4) is 0 Å². The van der Waals surface area contributed by atoms with Crippen molar-refractivity contribution in [1.29, 1.82) is 0 Å². The average Bonchev–Trinajstić information content (AvgIpc) is 2.96. The minimum atomic E-state index is -0.354. The van der Waals surface area contributed by atoms with Crippen LogP contribution in [0.5, 0.6) is 0 Å². The molecule has 0 aliphatic heterocycles. The molecule has 0 saturated heterocycles. The van der Waals surface area contributed by atoms with E-state index in [0.29, 0.717) is 11.3 Å².